The van der Waals surface area contributed by atoms with Gasteiger partial charge in [-0.15, -0.1) is 0 Å². The fourth-order valence-corrected chi connectivity index (χ4v) is 4.09. The lowest BCUT2D eigenvalue weighted by molar-refractivity contribution is -0.0208. The Morgan fingerprint density at radius 2 is 1.89 bits per heavy atom. The smallest absolute Gasteiger partial charge is 0.215 e. The maximum atomic E-state index is 6.50. The number of nitrogens with zero attached hydrogens (tertiary/aromatic N) is 2. The van der Waals surface area contributed by atoms with Crippen molar-refractivity contribution >= 4 is 17.3 Å². The van der Waals surface area contributed by atoms with Crippen molar-refractivity contribution in [1.29, 1.82) is 0 Å². The predicted octanol–water partition coefficient (Wildman–Crippen LogP) is 5.49. The van der Waals surface area contributed by atoms with E-state index < -0.39 is 6.23 Å². The standard InChI is InChI=1S/C22H19ClN2O3/c1-13-10-11-19(27-13)17-12-18-15-7-5-9-20(26-2)21(15)28-22(25(18)24-17)14-6-3-4-8-16(14)23/h3-11,18,22H,12H2,1-2H3. The Morgan fingerprint density at radius 3 is 2.64 bits per heavy atom. The summed E-state index contributed by atoms with van der Waals surface area (Å²) in [6.45, 7) is 1.93. The SMILES string of the molecule is COc1cccc2c1OC(c1ccccc1Cl)N1N=C(c3ccc(C)o3)CC21. The Hall–Kier alpha value is -2.92. The molecule has 142 valence electrons. The lowest BCUT2D eigenvalue weighted by Crippen LogP contribution is -2.34. The summed E-state index contributed by atoms with van der Waals surface area (Å²) in [6, 6.07) is 17.6. The third-order valence-electron chi connectivity index (χ3n) is 5.20. The Balaban J connectivity index is 1.65. The Labute approximate surface area is 168 Å². The van der Waals surface area contributed by atoms with Gasteiger partial charge in [-0.25, -0.2) is 5.01 Å². The van der Waals surface area contributed by atoms with E-state index in [0.717, 1.165) is 40.5 Å². The van der Waals surface area contributed by atoms with Crippen molar-refractivity contribution in [3.63, 3.8) is 0 Å². The molecule has 0 radical (unpaired) electrons. The average Bonchev–Trinajstić information content (AvgIpc) is 3.34. The summed E-state index contributed by atoms with van der Waals surface area (Å²) >= 11 is 6.50. The Kier molecular flexibility index (Phi) is 4.05. The van der Waals surface area contributed by atoms with Gasteiger partial charge in [-0.3, -0.25) is 0 Å². The van der Waals surface area contributed by atoms with Gasteiger partial charge in [0.05, 0.1) is 13.2 Å². The summed E-state index contributed by atoms with van der Waals surface area (Å²) in [6.07, 6.45) is 0.272. The lowest BCUT2D eigenvalue weighted by Gasteiger charge is -2.38. The molecule has 1 aromatic heterocycles. The number of para-hydroxylation sites is 1. The number of hydrazone groups is 1. The van der Waals surface area contributed by atoms with Crippen molar-refractivity contribution in [1.82, 2.24) is 5.01 Å². The molecule has 6 heteroatoms. The number of ether oxygens (including phenoxy) is 2. The number of furan rings is 1. The maximum absolute atomic E-state index is 6.50. The van der Waals surface area contributed by atoms with Gasteiger partial charge in [0, 0.05) is 22.6 Å². The van der Waals surface area contributed by atoms with Gasteiger partial charge < -0.3 is 13.9 Å². The quantitative estimate of drug-likeness (QED) is 0.589. The van der Waals surface area contributed by atoms with Gasteiger partial charge in [0.1, 0.15) is 17.2 Å². The van der Waals surface area contributed by atoms with Crippen LogP contribution in [0.3, 0.4) is 0 Å². The van der Waals surface area contributed by atoms with Gasteiger partial charge in [-0.05, 0) is 31.2 Å². The summed E-state index contributed by atoms with van der Waals surface area (Å²) in [5.74, 6) is 3.09. The second-order valence-electron chi connectivity index (χ2n) is 6.93. The summed E-state index contributed by atoms with van der Waals surface area (Å²) in [5.41, 5.74) is 2.81. The van der Waals surface area contributed by atoms with Crippen LogP contribution in [0.2, 0.25) is 5.02 Å². The van der Waals surface area contributed by atoms with Crippen molar-refractivity contribution in [3.05, 3.63) is 82.3 Å². The van der Waals surface area contributed by atoms with Gasteiger partial charge >= 0.3 is 0 Å². The molecule has 2 aliphatic heterocycles. The highest BCUT2D eigenvalue weighted by Gasteiger charge is 2.43. The van der Waals surface area contributed by atoms with Crippen LogP contribution in [-0.4, -0.2) is 17.8 Å². The number of hydrogen-bond donors (Lipinski definition) is 0. The molecule has 5 nitrogen and oxygen atoms in total. The zero-order valence-electron chi connectivity index (χ0n) is 15.6. The van der Waals surface area contributed by atoms with Crippen LogP contribution < -0.4 is 9.47 Å². The third-order valence-corrected chi connectivity index (χ3v) is 5.54. The van der Waals surface area contributed by atoms with E-state index in [9.17, 15) is 0 Å². The highest BCUT2D eigenvalue weighted by Crippen LogP contribution is 2.51. The molecule has 2 unspecified atom stereocenters. The molecular formula is C22H19ClN2O3. The lowest BCUT2D eigenvalue weighted by atomic mass is 9.97. The fourth-order valence-electron chi connectivity index (χ4n) is 3.86. The highest BCUT2D eigenvalue weighted by molar-refractivity contribution is 6.31. The Bertz CT molecular complexity index is 1080. The molecule has 0 fully saturated rings. The number of halogens is 1. The fraction of sp³-hybridized carbons (Fsp3) is 0.227. The van der Waals surface area contributed by atoms with Crippen LogP contribution in [0.1, 0.15) is 41.3 Å². The van der Waals surface area contributed by atoms with E-state index >= 15 is 0 Å². The Morgan fingerprint density at radius 1 is 1.07 bits per heavy atom. The van der Waals surface area contributed by atoms with Gasteiger partial charge in [0.25, 0.3) is 0 Å². The first-order chi connectivity index (χ1) is 13.7. The number of methoxy groups -OCH3 is 1. The van der Waals surface area contributed by atoms with E-state index in [-0.39, 0.29) is 6.04 Å². The second kappa shape index (κ2) is 6.60. The number of benzene rings is 2. The first-order valence-corrected chi connectivity index (χ1v) is 9.54. The van der Waals surface area contributed by atoms with Crippen molar-refractivity contribution in [2.24, 2.45) is 5.10 Å². The number of aryl methyl sites for hydroxylation is 1. The topological polar surface area (TPSA) is 47.2 Å². The van der Waals surface area contributed by atoms with E-state index in [4.69, 9.17) is 30.6 Å². The molecule has 3 heterocycles. The van der Waals surface area contributed by atoms with E-state index in [2.05, 4.69) is 6.07 Å². The van der Waals surface area contributed by atoms with E-state index in [0.29, 0.717) is 10.8 Å². The molecule has 0 saturated heterocycles. The minimum Gasteiger partial charge on any atom is -0.493 e. The zero-order chi connectivity index (χ0) is 19.3. The molecule has 2 aromatic carbocycles. The monoisotopic (exact) mass is 394 g/mol. The number of hydrogen-bond acceptors (Lipinski definition) is 5. The minimum absolute atomic E-state index is 0.0144. The highest BCUT2D eigenvalue weighted by atomic mass is 35.5. The summed E-state index contributed by atoms with van der Waals surface area (Å²) in [5, 5.41) is 7.50. The average molecular weight is 395 g/mol. The van der Waals surface area contributed by atoms with Crippen LogP contribution in [0.4, 0.5) is 0 Å². The molecule has 0 bridgehead atoms. The molecular weight excluding hydrogens is 376 g/mol. The van der Waals surface area contributed by atoms with Crippen LogP contribution in [0.5, 0.6) is 11.5 Å². The summed E-state index contributed by atoms with van der Waals surface area (Å²) < 4.78 is 17.8. The third kappa shape index (κ3) is 2.66. The number of rotatable bonds is 3. The van der Waals surface area contributed by atoms with Crippen LogP contribution in [0.15, 0.2) is 64.1 Å². The molecule has 0 N–H and O–H groups in total. The van der Waals surface area contributed by atoms with Gasteiger partial charge in [0.15, 0.2) is 11.5 Å². The molecule has 5 rings (SSSR count). The molecule has 3 aromatic rings. The molecule has 0 saturated carbocycles. The van der Waals surface area contributed by atoms with Crippen LogP contribution in [-0.2, 0) is 0 Å². The first kappa shape index (κ1) is 17.2. The van der Waals surface area contributed by atoms with Gasteiger partial charge in [-0.2, -0.15) is 5.10 Å². The minimum atomic E-state index is -0.448. The molecule has 0 aliphatic carbocycles. The van der Waals surface area contributed by atoms with Crippen LogP contribution >= 0.6 is 11.6 Å². The second-order valence-corrected chi connectivity index (χ2v) is 7.33. The van der Waals surface area contributed by atoms with Crippen LogP contribution in [0, 0.1) is 6.92 Å². The largest absolute Gasteiger partial charge is 0.493 e. The number of fused-ring (bicyclic) bond motifs is 3. The van der Waals surface area contributed by atoms with E-state index in [1.165, 1.54) is 0 Å². The van der Waals surface area contributed by atoms with Gasteiger partial charge in [0.2, 0.25) is 6.23 Å². The first-order valence-electron chi connectivity index (χ1n) is 9.16. The molecule has 2 aliphatic rings. The van der Waals surface area contributed by atoms with Crippen molar-refractivity contribution in [2.75, 3.05) is 7.11 Å². The van der Waals surface area contributed by atoms with Crippen molar-refractivity contribution in [2.45, 2.75) is 25.6 Å². The molecule has 2 atom stereocenters. The predicted molar refractivity (Wildman–Crippen MR) is 107 cm³/mol. The van der Waals surface area contributed by atoms with Crippen LogP contribution in [0.25, 0.3) is 0 Å². The summed E-state index contributed by atoms with van der Waals surface area (Å²) in [4.78, 5) is 0. The molecule has 0 amide bonds. The van der Waals surface area contributed by atoms with E-state index in [1.807, 2.05) is 60.5 Å². The molecule has 28 heavy (non-hydrogen) atoms. The normalized spacial score (nSPS) is 20.2. The summed E-state index contributed by atoms with van der Waals surface area (Å²) in [7, 11) is 1.65. The molecule has 0 spiro atoms. The van der Waals surface area contributed by atoms with E-state index in [1.54, 1.807) is 7.11 Å². The zero-order valence-corrected chi connectivity index (χ0v) is 16.3. The van der Waals surface area contributed by atoms with Crippen molar-refractivity contribution < 1.29 is 13.9 Å². The van der Waals surface area contributed by atoms with Crippen molar-refractivity contribution in [3.8, 4) is 11.5 Å². The maximum Gasteiger partial charge on any atom is 0.215 e. The van der Waals surface area contributed by atoms with Gasteiger partial charge in [-0.1, -0.05) is 41.9 Å².